The van der Waals surface area contributed by atoms with Crippen molar-refractivity contribution in [3.05, 3.63) is 0 Å². The predicted molar refractivity (Wildman–Crippen MR) is 71.5 cm³/mol. The summed E-state index contributed by atoms with van der Waals surface area (Å²) in [6.07, 6.45) is 6.19. The summed E-state index contributed by atoms with van der Waals surface area (Å²) in [5.74, 6) is 0. The van der Waals surface area contributed by atoms with Gasteiger partial charge in [0.05, 0.1) is 6.10 Å². The number of aliphatic hydroxyl groups excluding tert-OH is 1. The van der Waals surface area contributed by atoms with Gasteiger partial charge < -0.3 is 15.2 Å². The average molecular weight is 257 g/mol. The van der Waals surface area contributed by atoms with Gasteiger partial charge >= 0.3 is 6.09 Å². The van der Waals surface area contributed by atoms with Crippen molar-refractivity contribution in [3.63, 3.8) is 0 Å². The maximum absolute atomic E-state index is 11.7. The molecule has 2 unspecified atom stereocenters. The largest absolute Gasteiger partial charge is 0.444 e. The highest BCUT2D eigenvalue weighted by molar-refractivity contribution is 5.68. The van der Waals surface area contributed by atoms with Gasteiger partial charge in [0, 0.05) is 6.04 Å². The first-order valence-corrected chi connectivity index (χ1v) is 7.04. The van der Waals surface area contributed by atoms with Gasteiger partial charge in [0.25, 0.3) is 0 Å². The highest BCUT2D eigenvalue weighted by atomic mass is 16.6. The molecule has 0 saturated heterocycles. The van der Waals surface area contributed by atoms with Crippen molar-refractivity contribution >= 4 is 6.09 Å². The lowest BCUT2D eigenvalue weighted by molar-refractivity contribution is 0.0498. The summed E-state index contributed by atoms with van der Waals surface area (Å²) in [7, 11) is 0. The highest BCUT2D eigenvalue weighted by Crippen LogP contribution is 2.18. The number of rotatable bonds is 1. The van der Waals surface area contributed by atoms with Gasteiger partial charge in [0.2, 0.25) is 0 Å². The SMILES string of the molecule is CC(C)(C)OC(=O)NC1CCCCC(O)CCC1. The van der Waals surface area contributed by atoms with Crippen molar-refractivity contribution in [3.8, 4) is 0 Å². The molecule has 1 aliphatic carbocycles. The zero-order valence-corrected chi connectivity index (χ0v) is 11.9. The van der Waals surface area contributed by atoms with E-state index in [1.807, 2.05) is 20.8 Å². The Balaban J connectivity index is 2.37. The summed E-state index contributed by atoms with van der Waals surface area (Å²) in [5, 5.41) is 12.6. The molecule has 2 N–H and O–H groups in total. The third kappa shape index (κ3) is 6.84. The predicted octanol–water partition coefficient (Wildman–Crippen LogP) is 2.98. The molecule has 0 aromatic rings. The van der Waals surface area contributed by atoms with E-state index in [0.717, 1.165) is 44.9 Å². The zero-order chi connectivity index (χ0) is 13.6. The van der Waals surface area contributed by atoms with Crippen LogP contribution in [-0.2, 0) is 4.74 Å². The standard InChI is InChI=1S/C14H27NO3/c1-14(2,3)18-13(17)15-11-7-4-5-9-12(16)10-6-8-11/h11-12,16H,4-10H2,1-3H3,(H,15,17). The van der Waals surface area contributed by atoms with E-state index < -0.39 is 5.60 Å². The smallest absolute Gasteiger partial charge is 0.407 e. The molecule has 1 amide bonds. The van der Waals surface area contributed by atoms with Crippen LogP contribution in [0, 0.1) is 0 Å². The molecule has 4 heteroatoms. The fraction of sp³-hybridized carbons (Fsp3) is 0.929. The molecule has 1 aliphatic rings. The summed E-state index contributed by atoms with van der Waals surface area (Å²) >= 11 is 0. The molecular formula is C14H27NO3. The summed E-state index contributed by atoms with van der Waals surface area (Å²) in [6, 6.07) is 0.185. The van der Waals surface area contributed by atoms with Gasteiger partial charge in [-0.3, -0.25) is 0 Å². The number of ether oxygens (including phenoxy) is 1. The second-order valence-electron chi connectivity index (χ2n) is 6.21. The molecule has 0 spiro atoms. The Hall–Kier alpha value is -0.770. The van der Waals surface area contributed by atoms with E-state index in [2.05, 4.69) is 5.32 Å². The van der Waals surface area contributed by atoms with E-state index >= 15 is 0 Å². The van der Waals surface area contributed by atoms with Gasteiger partial charge in [-0.2, -0.15) is 0 Å². The van der Waals surface area contributed by atoms with Crippen LogP contribution in [0.25, 0.3) is 0 Å². The van der Waals surface area contributed by atoms with Crippen LogP contribution >= 0.6 is 0 Å². The minimum Gasteiger partial charge on any atom is -0.444 e. The van der Waals surface area contributed by atoms with Gasteiger partial charge in [0.15, 0.2) is 0 Å². The Labute approximate surface area is 110 Å². The summed E-state index contributed by atoms with van der Waals surface area (Å²) < 4.78 is 5.27. The lowest BCUT2D eigenvalue weighted by Gasteiger charge is -2.23. The molecule has 0 bridgehead atoms. The molecule has 1 fully saturated rings. The molecule has 1 rings (SSSR count). The normalized spacial score (nSPS) is 26.7. The number of carbonyl (C=O) groups excluding carboxylic acids is 1. The summed E-state index contributed by atoms with van der Waals surface area (Å²) in [4.78, 5) is 11.7. The Bertz CT molecular complexity index is 260. The topological polar surface area (TPSA) is 58.6 Å². The molecule has 4 nitrogen and oxygen atoms in total. The van der Waals surface area contributed by atoms with Gasteiger partial charge in [-0.15, -0.1) is 0 Å². The molecule has 106 valence electrons. The van der Waals surface area contributed by atoms with Crippen LogP contribution in [0.3, 0.4) is 0 Å². The fourth-order valence-electron chi connectivity index (χ4n) is 2.28. The molecule has 2 atom stereocenters. The van der Waals surface area contributed by atoms with Crippen LogP contribution in [0.15, 0.2) is 0 Å². The lowest BCUT2D eigenvalue weighted by atomic mass is 10.1. The van der Waals surface area contributed by atoms with Crippen LogP contribution in [0.1, 0.15) is 65.7 Å². The molecule has 0 aromatic carbocycles. The first-order chi connectivity index (χ1) is 8.37. The number of amides is 1. The first kappa shape index (κ1) is 15.3. The molecule has 0 heterocycles. The zero-order valence-electron chi connectivity index (χ0n) is 11.9. The van der Waals surface area contributed by atoms with Crippen molar-refractivity contribution in [2.24, 2.45) is 0 Å². The van der Waals surface area contributed by atoms with Crippen molar-refractivity contribution in [2.75, 3.05) is 0 Å². The Morgan fingerprint density at radius 1 is 1.11 bits per heavy atom. The number of aliphatic hydroxyl groups is 1. The minimum absolute atomic E-state index is 0.162. The maximum atomic E-state index is 11.7. The maximum Gasteiger partial charge on any atom is 0.407 e. The first-order valence-electron chi connectivity index (χ1n) is 7.04. The van der Waals surface area contributed by atoms with Crippen LogP contribution < -0.4 is 5.32 Å². The van der Waals surface area contributed by atoms with Crippen LogP contribution in [0.2, 0.25) is 0 Å². The van der Waals surface area contributed by atoms with Gasteiger partial charge in [-0.1, -0.05) is 12.8 Å². The van der Waals surface area contributed by atoms with Crippen molar-refractivity contribution < 1.29 is 14.6 Å². The van der Waals surface area contributed by atoms with Gasteiger partial charge in [0.1, 0.15) is 5.60 Å². The second-order valence-corrected chi connectivity index (χ2v) is 6.21. The second kappa shape index (κ2) is 6.98. The lowest BCUT2D eigenvalue weighted by Crippen LogP contribution is -2.39. The third-order valence-corrected chi connectivity index (χ3v) is 3.15. The summed E-state index contributed by atoms with van der Waals surface area (Å²) in [5.41, 5.74) is -0.446. The van der Waals surface area contributed by atoms with E-state index in [9.17, 15) is 9.90 Å². The van der Waals surface area contributed by atoms with Gasteiger partial charge in [-0.25, -0.2) is 4.79 Å². The number of alkyl carbamates (subject to hydrolysis) is 1. The summed E-state index contributed by atoms with van der Waals surface area (Å²) in [6.45, 7) is 5.60. The molecular weight excluding hydrogens is 230 g/mol. The Morgan fingerprint density at radius 2 is 1.67 bits per heavy atom. The van der Waals surface area contributed by atoms with E-state index in [-0.39, 0.29) is 18.2 Å². The third-order valence-electron chi connectivity index (χ3n) is 3.15. The minimum atomic E-state index is -0.446. The molecule has 0 radical (unpaired) electrons. The number of hydrogen-bond acceptors (Lipinski definition) is 3. The fourth-order valence-corrected chi connectivity index (χ4v) is 2.28. The quantitative estimate of drug-likeness (QED) is 0.759. The molecule has 1 saturated carbocycles. The van der Waals surface area contributed by atoms with Crippen LogP contribution in [0.4, 0.5) is 4.79 Å². The Morgan fingerprint density at radius 3 is 2.33 bits per heavy atom. The van der Waals surface area contributed by atoms with E-state index in [1.54, 1.807) is 0 Å². The van der Waals surface area contributed by atoms with Crippen molar-refractivity contribution in [1.82, 2.24) is 5.32 Å². The van der Waals surface area contributed by atoms with E-state index in [1.165, 1.54) is 0 Å². The number of nitrogens with one attached hydrogen (secondary N) is 1. The average Bonchev–Trinajstić information content (AvgIpc) is 2.28. The van der Waals surface area contributed by atoms with Crippen molar-refractivity contribution in [1.29, 1.82) is 0 Å². The van der Waals surface area contributed by atoms with E-state index in [4.69, 9.17) is 4.74 Å². The van der Waals surface area contributed by atoms with Crippen LogP contribution in [0.5, 0.6) is 0 Å². The Kier molecular flexibility index (Phi) is 5.93. The molecule has 0 aliphatic heterocycles. The van der Waals surface area contributed by atoms with Crippen molar-refractivity contribution in [2.45, 2.75) is 83.5 Å². The number of hydrogen-bond donors (Lipinski definition) is 2. The molecule has 0 aromatic heterocycles. The van der Waals surface area contributed by atoms with E-state index in [0.29, 0.717) is 0 Å². The highest BCUT2D eigenvalue weighted by Gasteiger charge is 2.20. The van der Waals surface area contributed by atoms with Gasteiger partial charge in [-0.05, 0) is 52.9 Å². The van der Waals surface area contributed by atoms with Crippen LogP contribution in [-0.4, -0.2) is 28.9 Å². The number of carbonyl (C=O) groups is 1. The monoisotopic (exact) mass is 257 g/mol. The molecule has 18 heavy (non-hydrogen) atoms.